The molecule has 0 saturated heterocycles. The molecule has 1 amide bonds. The maximum absolute atomic E-state index is 13.5. The third-order valence-corrected chi connectivity index (χ3v) is 3.37. The highest BCUT2D eigenvalue weighted by molar-refractivity contribution is 5.78. The van der Waals surface area contributed by atoms with Gasteiger partial charge < -0.3 is 10.2 Å². The maximum atomic E-state index is 13.5. The summed E-state index contributed by atoms with van der Waals surface area (Å²) in [4.78, 5) is 13.6. The molecule has 0 radical (unpaired) electrons. The third kappa shape index (κ3) is 4.31. The molecule has 4 heteroatoms. The Morgan fingerprint density at radius 3 is 2.53 bits per heavy atom. The fourth-order valence-electron chi connectivity index (χ4n) is 1.92. The summed E-state index contributed by atoms with van der Waals surface area (Å²) in [6.07, 6.45) is 0. The molecule has 0 heterocycles. The summed E-state index contributed by atoms with van der Waals surface area (Å²) >= 11 is 0. The number of hydrogen-bond acceptors (Lipinski definition) is 2. The fourth-order valence-corrected chi connectivity index (χ4v) is 1.92. The summed E-state index contributed by atoms with van der Waals surface area (Å²) in [6, 6.07) is 5.12. The highest BCUT2D eigenvalue weighted by Gasteiger charge is 2.12. The van der Waals surface area contributed by atoms with Crippen LogP contribution < -0.4 is 5.32 Å². The molecule has 0 fully saturated rings. The molecule has 0 spiro atoms. The first kappa shape index (κ1) is 15.6. The molecule has 1 aromatic rings. The Morgan fingerprint density at radius 1 is 1.37 bits per heavy atom. The predicted octanol–water partition coefficient (Wildman–Crippen LogP) is 2.65. The molecule has 1 rings (SSSR count). The minimum Gasteiger partial charge on any atom is -0.342 e. The number of rotatable bonds is 6. The number of halogens is 1. The maximum Gasteiger partial charge on any atom is 0.236 e. The van der Waals surface area contributed by atoms with Crippen LogP contribution in [0.2, 0.25) is 0 Å². The largest absolute Gasteiger partial charge is 0.342 e. The molecule has 19 heavy (non-hydrogen) atoms. The molecule has 3 nitrogen and oxygen atoms in total. The standard InChI is InChI=1S/C15H23FN2O/c1-5-18(6-2)15(19)10-17-12(4)13-8-7-11(3)14(16)9-13/h7-9,12,17H,5-6,10H2,1-4H3. The van der Waals surface area contributed by atoms with Crippen molar-refractivity contribution in [1.29, 1.82) is 0 Å². The van der Waals surface area contributed by atoms with E-state index >= 15 is 0 Å². The Labute approximate surface area is 114 Å². The zero-order chi connectivity index (χ0) is 14.4. The van der Waals surface area contributed by atoms with Crippen LogP contribution in [0.5, 0.6) is 0 Å². The van der Waals surface area contributed by atoms with E-state index in [0.29, 0.717) is 18.7 Å². The van der Waals surface area contributed by atoms with E-state index in [0.717, 1.165) is 5.56 Å². The average Bonchev–Trinajstić information content (AvgIpc) is 2.40. The van der Waals surface area contributed by atoms with E-state index in [9.17, 15) is 9.18 Å². The zero-order valence-corrected chi connectivity index (χ0v) is 12.2. The molecule has 0 aliphatic rings. The molecular formula is C15H23FN2O. The van der Waals surface area contributed by atoms with Crippen LogP contribution in [0.25, 0.3) is 0 Å². The zero-order valence-electron chi connectivity index (χ0n) is 12.2. The molecule has 0 aliphatic carbocycles. The van der Waals surface area contributed by atoms with Gasteiger partial charge >= 0.3 is 0 Å². The van der Waals surface area contributed by atoms with Gasteiger partial charge in [-0.25, -0.2) is 4.39 Å². The second-order valence-corrected chi connectivity index (χ2v) is 4.68. The number of carbonyl (C=O) groups excluding carboxylic acids is 1. The van der Waals surface area contributed by atoms with Crippen LogP contribution in [-0.2, 0) is 4.79 Å². The van der Waals surface area contributed by atoms with E-state index in [1.165, 1.54) is 6.07 Å². The van der Waals surface area contributed by atoms with Gasteiger partial charge in [0.1, 0.15) is 5.82 Å². The SMILES string of the molecule is CCN(CC)C(=O)CNC(C)c1ccc(C)c(F)c1. The first-order valence-electron chi connectivity index (χ1n) is 6.76. The summed E-state index contributed by atoms with van der Waals surface area (Å²) < 4.78 is 13.5. The summed E-state index contributed by atoms with van der Waals surface area (Å²) in [5, 5.41) is 3.14. The molecule has 0 aliphatic heterocycles. The number of nitrogens with zero attached hydrogens (tertiary/aromatic N) is 1. The third-order valence-electron chi connectivity index (χ3n) is 3.37. The highest BCUT2D eigenvalue weighted by Crippen LogP contribution is 2.16. The summed E-state index contributed by atoms with van der Waals surface area (Å²) in [5.74, 6) is -0.134. The van der Waals surface area contributed by atoms with Crippen molar-refractivity contribution >= 4 is 5.91 Å². The lowest BCUT2D eigenvalue weighted by molar-refractivity contribution is -0.129. The molecule has 0 aromatic heterocycles. The van der Waals surface area contributed by atoms with E-state index in [4.69, 9.17) is 0 Å². The van der Waals surface area contributed by atoms with Crippen molar-refractivity contribution in [2.75, 3.05) is 19.6 Å². The second-order valence-electron chi connectivity index (χ2n) is 4.68. The number of nitrogens with one attached hydrogen (secondary N) is 1. The number of likely N-dealkylation sites (N-methyl/N-ethyl adjacent to an activating group) is 1. The van der Waals surface area contributed by atoms with Crippen LogP contribution in [0.15, 0.2) is 18.2 Å². The first-order chi connectivity index (χ1) is 8.99. The Morgan fingerprint density at radius 2 is 2.00 bits per heavy atom. The van der Waals surface area contributed by atoms with Gasteiger partial charge in [-0.05, 0) is 44.9 Å². The van der Waals surface area contributed by atoms with E-state index in [1.54, 1.807) is 17.9 Å². The molecule has 0 saturated carbocycles. The van der Waals surface area contributed by atoms with Crippen LogP contribution in [0.4, 0.5) is 4.39 Å². The molecular weight excluding hydrogens is 243 g/mol. The number of hydrogen-bond donors (Lipinski definition) is 1. The Balaban J connectivity index is 2.57. The van der Waals surface area contributed by atoms with Gasteiger partial charge in [-0.15, -0.1) is 0 Å². The smallest absolute Gasteiger partial charge is 0.236 e. The predicted molar refractivity (Wildman–Crippen MR) is 75.5 cm³/mol. The lowest BCUT2D eigenvalue weighted by atomic mass is 10.1. The number of carbonyl (C=O) groups is 1. The summed E-state index contributed by atoms with van der Waals surface area (Å²) in [7, 11) is 0. The Hall–Kier alpha value is -1.42. The minimum absolute atomic E-state index is 0.0467. The number of amides is 1. The van der Waals surface area contributed by atoms with Gasteiger partial charge in [0.15, 0.2) is 0 Å². The van der Waals surface area contributed by atoms with E-state index in [1.807, 2.05) is 26.8 Å². The van der Waals surface area contributed by atoms with Crippen molar-refractivity contribution in [2.45, 2.75) is 33.7 Å². The molecule has 1 aromatic carbocycles. The van der Waals surface area contributed by atoms with Gasteiger partial charge in [0.2, 0.25) is 5.91 Å². The minimum atomic E-state index is -0.207. The lowest BCUT2D eigenvalue weighted by Crippen LogP contribution is -2.38. The van der Waals surface area contributed by atoms with Crippen LogP contribution in [0, 0.1) is 12.7 Å². The van der Waals surface area contributed by atoms with Crippen molar-refractivity contribution < 1.29 is 9.18 Å². The molecule has 1 atom stereocenters. The van der Waals surface area contributed by atoms with Crippen molar-refractivity contribution in [2.24, 2.45) is 0 Å². The fraction of sp³-hybridized carbons (Fsp3) is 0.533. The highest BCUT2D eigenvalue weighted by atomic mass is 19.1. The van der Waals surface area contributed by atoms with E-state index in [2.05, 4.69) is 5.32 Å². The molecule has 1 unspecified atom stereocenters. The van der Waals surface area contributed by atoms with Crippen molar-refractivity contribution in [1.82, 2.24) is 10.2 Å². The average molecular weight is 266 g/mol. The Bertz CT molecular complexity index is 430. The van der Waals surface area contributed by atoms with Crippen LogP contribution in [0.1, 0.15) is 37.9 Å². The van der Waals surface area contributed by atoms with Crippen molar-refractivity contribution in [3.8, 4) is 0 Å². The molecule has 0 bridgehead atoms. The quantitative estimate of drug-likeness (QED) is 0.858. The topological polar surface area (TPSA) is 32.3 Å². The van der Waals surface area contributed by atoms with Crippen LogP contribution >= 0.6 is 0 Å². The normalized spacial score (nSPS) is 12.3. The molecule has 1 N–H and O–H groups in total. The van der Waals surface area contributed by atoms with Gasteiger partial charge in [-0.3, -0.25) is 4.79 Å². The molecule has 106 valence electrons. The van der Waals surface area contributed by atoms with E-state index < -0.39 is 0 Å². The van der Waals surface area contributed by atoms with Gasteiger partial charge in [0.25, 0.3) is 0 Å². The van der Waals surface area contributed by atoms with Crippen LogP contribution in [0.3, 0.4) is 0 Å². The van der Waals surface area contributed by atoms with Crippen LogP contribution in [-0.4, -0.2) is 30.4 Å². The summed E-state index contributed by atoms with van der Waals surface area (Å²) in [5.41, 5.74) is 1.49. The van der Waals surface area contributed by atoms with E-state index in [-0.39, 0.29) is 24.3 Å². The van der Waals surface area contributed by atoms with Gasteiger partial charge in [-0.1, -0.05) is 12.1 Å². The first-order valence-corrected chi connectivity index (χ1v) is 6.76. The van der Waals surface area contributed by atoms with Crippen molar-refractivity contribution in [3.05, 3.63) is 35.1 Å². The Kier molecular flexibility index (Phi) is 5.96. The lowest BCUT2D eigenvalue weighted by Gasteiger charge is -2.21. The monoisotopic (exact) mass is 266 g/mol. The number of benzene rings is 1. The van der Waals surface area contributed by atoms with Crippen molar-refractivity contribution in [3.63, 3.8) is 0 Å². The van der Waals surface area contributed by atoms with Gasteiger partial charge in [0.05, 0.1) is 6.54 Å². The number of aryl methyl sites for hydroxylation is 1. The summed E-state index contributed by atoms with van der Waals surface area (Å²) in [6.45, 7) is 9.29. The van der Waals surface area contributed by atoms with Gasteiger partial charge in [-0.2, -0.15) is 0 Å². The second kappa shape index (κ2) is 7.24. The van der Waals surface area contributed by atoms with Gasteiger partial charge in [0, 0.05) is 19.1 Å².